The maximum Gasteiger partial charge on any atom is 0.244 e. The topological polar surface area (TPSA) is 66.8 Å². The van der Waals surface area contributed by atoms with Crippen molar-refractivity contribution in [2.24, 2.45) is 0 Å². The quantitative estimate of drug-likeness (QED) is 0.879. The molecule has 1 unspecified atom stereocenters. The van der Waals surface area contributed by atoms with Crippen LogP contribution >= 0.6 is 15.9 Å². The number of aliphatic hydroxyl groups is 1. The molecule has 1 N–H and O–H groups in total. The summed E-state index contributed by atoms with van der Waals surface area (Å²) in [5, 5.41) is 9.03. The van der Waals surface area contributed by atoms with E-state index < -0.39 is 21.9 Å². The van der Waals surface area contributed by atoms with E-state index in [1.807, 2.05) is 0 Å². The first-order valence-electron chi connectivity index (χ1n) is 5.63. The zero-order valence-electron chi connectivity index (χ0n) is 9.92. The molecule has 1 aromatic carbocycles. The van der Waals surface area contributed by atoms with Crippen LogP contribution in [0.15, 0.2) is 27.6 Å². The summed E-state index contributed by atoms with van der Waals surface area (Å²) < 4.78 is 44.5. The first kappa shape index (κ1) is 14.9. The maximum atomic E-state index is 13.0. The minimum absolute atomic E-state index is 0.00693. The van der Waals surface area contributed by atoms with E-state index in [2.05, 4.69) is 15.9 Å². The molecular formula is C11H13BrFNO4S. The van der Waals surface area contributed by atoms with Crippen LogP contribution in [0.5, 0.6) is 0 Å². The van der Waals surface area contributed by atoms with Crippen LogP contribution in [0.25, 0.3) is 0 Å². The van der Waals surface area contributed by atoms with Crippen molar-refractivity contribution in [3.05, 3.63) is 28.5 Å². The lowest BCUT2D eigenvalue weighted by Gasteiger charge is -2.31. The smallest absolute Gasteiger partial charge is 0.244 e. The van der Waals surface area contributed by atoms with Crippen molar-refractivity contribution in [1.82, 2.24) is 4.31 Å². The second-order valence-corrected chi connectivity index (χ2v) is 6.87. The maximum absolute atomic E-state index is 13.0. The van der Waals surface area contributed by atoms with Gasteiger partial charge in [0.25, 0.3) is 0 Å². The van der Waals surface area contributed by atoms with Gasteiger partial charge in [0.15, 0.2) is 0 Å². The monoisotopic (exact) mass is 353 g/mol. The molecule has 0 radical (unpaired) electrons. The molecule has 0 aromatic heterocycles. The summed E-state index contributed by atoms with van der Waals surface area (Å²) in [5.74, 6) is -0.513. The Kier molecular flexibility index (Phi) is 4.57. The summed E-state index contributed by atoms with van der Waals surface area (Å²) in [7, 11) is -3.72. The first-order valence-corrected chi connectivity index (χ1v) is 7.86. The minimum atomic E-state index is -3.72. The zero-order valence-corrected chi connectivity index (χ0v) is 12.3. The molecule has 8 heteroatoms. The summed E-state index contributed by atoms with van der Waals surface area (Å²) in [6, 6.07) is 3.43. The molecule has 1 saturated heterocycles. The number of benzene rings is 1. The third-order valence-electron chi connectivity index (χ3n) is 2.82. The molecule has 0 aliphatic carbocycles. The van der Waals surface area contributed by atoms with E-state index >= 15 is 0 Å². The molecule has 1 aromatic rings. The predicted molar refractivity (Wildman–Crippen MR) is 69.7 cm³/mol. The van der Waals surface area contributed by atoms with Gasteiger partial charge in [-0.3, -0.25) is 0 Å². The Morgan fingerprint density at radius 1 is 1.53 bits per heavy atom. The molecule has 0 bridgehead atoms. The van der Waals surface area contributed by atoms with Gasteiger partial charge in [-0.15, -0.1) is 0 Å². The standard InChI is InChI=1S/C11H13BrFNO4S/c12-10-5-8(13)1-2-11(10)19(16,17)14-3-4-18-9(6-14)7-15/h1-2,5,9,15H,3-4,6-7H2. The van der Waals surface area contributed by atoms with Gasteiger partial charge in [-0.1, -0.05) is 0 Å². The molecule has 5 nitrogen and oxygen atoms in total. The molecule has 0 saturated carbocycles. The van der Waals surface area contributed by atoms with E-state index in [9.17, 15) is 12.8 Å². The molecule has 1 heterocycles. The van der Waals surface area contributed by atoms with Crippen molar-refractivity contribution >= 4 is 26.0 Å². The summed E-state index contributed by atoms with van der Waals surface area (Å²) in [6.07, 6.45) is -0.525. The summed E-state index contributed by atoms with van der Waals surface area (Å²) in [4.78, 5) is 0.00693. The highest BCUT2D eigenvalue weighted by Gasteiger charge is 2.31. The molecule has 1 fully saturated rings. The Hall–Kier alpha value is -0.540. The van der Waals surface area contributed by atoms with Gasteiger partial charge in [0.2, 0.25) is 10.0 Å². The summed E-state index contributed by atoms with van der Waals surface area (Å²) in [5.41, 5.74) is 0. The van der Waals surface area contributed by atoms with E-state index in [0.29, 0.717) is 0 Å². The van der Waals surface area contributed by atoms with Gasteiger partial charge < -0.3 is 9.84 Å². The Morgan fingerprint density at radius 2 is 2.26 bits per heavy atom. The van der Waals surface area contributed by atoms with E-state index in [-0.39, 0.29) is 35.7 Å². The van der Waals surface area contributed by atoms with Crippen LogP contribution < -0.4 is 0 Å². The first-order chi connectivity index (χ1) is 8.95. The number of ether oxygens (including phenoxy) is 1. The number of nitrogens with zero attached hydrogens (tertiary/aromatic N) is 1. The van der Waals surface area contributed by atoms with Crippen molar-refractivity contribution in [1.29, 1.82) is 0 Å². The number of rotatable bonds is 3. The Balaban J connectivity index is 2.31. The van der Waals surface area contributed by atoms with Gasteiger partial charge in [0, 0.05) is 17.6 Å². The summed E-state index contributed by atoms with van der Waals surface area (Å²) in [6.45, 7) is 0.283. The second kappa shape index (κ2) is 5.84. The lowest BCUT2D eigenvalue weighted by atomic mass is 10.3. The SMILES string of the molecule is O=S(=O)(c1ccc(F)cc1Br)N1CCOC(CO)C1. The molecule has 1 aliphatic rings. The highest BCUT2D eigenvalue weighted by molar-refractivity contribution is 9.10. The van der Waals surface area contributed by atoms with Crippen LogP contribution in [-0.4, -0.2) is 50.2 Å². The fourth-order valence-electron chi connectivity index (χ4n) is 1.84. The van der Waals surface area contributed by atoms with Crippen LogP contribution in [0.3, 0.4) is 0 Å². The molecule has 106 valence electrons. The Bertz CT molecular complexity index is 566. The number of halogens is 2. The molecule has 0 spiro atoms. The van der Waals surface area contributed by atoms with Gasteiger partial charge in [-0.2, -0.15) is 4.31 Å². The van der Waals surface area contributed by atoms with Gasteiger partial charge in [-0.05, 0) is 34.1 Å². The second-order valence-electron chi connectivity index (χ2n) is 4.11. The number of aliphatic hydroxyl groups excluding tert-OH is 1. The van der Waals surface area contributed by atoms with Crippen LogP contribution in [0.4, 0.5) is 4.39 Å². The predicted octanol–water partition coefficient (Wildman–Crippen LogP) is 0.970. The van der Waals surface area contributed by atoms with E-state index in [1.165, 1.54) is 10.4 Å². The average molecular weight is 354 g/mol. The molecule has 19 heavy (non-hydrogen) atoms. The van der Waals surface area contributed by atoms with E-state index in [4.69, 9.17) is 9.84 Å². The molecule has 1 atom stereocenters. The zero-order chi connectivity index (χ0) is 14.0. The van der Waals surface area contributed by atoms with Gasteiger partial charge in [0.05, 0.1) is 24.2 Å². The van der Waals surface area contributed by atoms with Crippen LogP contribution in [0.2, 0.25) is 0 Å². The van der Waals surface area contributed by atoms with Crippen LogP contribution in [0.1, 0.15) is 0 Å². The van der Waals surface area contributed by atoms with Crippen molar-refractivity contribution in [2.45, 2.75) is 11.0 Å². The molecule has 0 amide bonds. The summed E-state index contributed by atoms with van der Waals surface area (Å²) >= 11 is 3.06. The number of morpholine rings is 1. The third kappa shape index (κ3) is 3.14. The lowest BCUT2D eigenvalue weighted by Crippen LogP contribution is -2.46. The number of hydrogen-bond donors (Lipinski definition) is 1. The Labute approximate surface area is 119 Å². The van der Waals surface area contributed by atoms with Crippen molar-refractivity contribution in [3.63, 3.8) is 0 Å². The van der Waals surface area contributed by atoms with E-state index in [1.54, 1.807) is 0 Å². The van der Waals surface area contributed by atoms with Crippen molar-refractivity contribution in [2.75, 3.05) is 26.3 Å². The highest BCUT2D eigenvalue weighted by Crippen LogP contribution is 2.26. The normalized spacial score (nSPS) is 21.5. The van der Waals surface area contributed by atoms with Crippen LogP contribution in [0, 0.1) is 5.82 Å². The van der Waals surface area contributed by atoms with E-state index in [0.717, 1.165) is 12.1 Å². The fourth-order valence-corrected chi connectivity index (χ4v) is 4.31. The third-order valence-corrected chi connectivity index (χ3v) is 5.66. The molecule has 1 aliphatic heterocycles. The lowest BCUT2D eigenvalue weighted by molar-refractivity contribution is -0.0304. The van der Waals surface area contributed by atoms with Crippen molar-refractivity contribution in [3.8, 4) is 0 Å². The largest absolute Gasteiger partial charge is 0.394 e. The highest BCUT2D eigenvalue weighted by atomic mass is 79.9. The average Bonchev–Trinajstić information content (AvgIpc) is 2.38. The number of sulfonamides is 1. The van der Waals surface area contributed by atoms with Crippen LogP contribution in [-0.2, 0) is 14.8 Å². The molecule has 2 rings (SSSR count). The van der Waals surface area contributed by atoms with Gasteiger partial charge >= 0.3 is 0 Å². The fraction of sp³-hybridized carbons (Fsp3) is 0.455. The van der Waals surface area contributed by atoms with Crippen molar-refractivity contribution < 1.29 is 22.7 Å². The molecular weight excluding hydrogens is 341 g/mol. The number of hydrogen-bond acceptors (Lipinski definition) is 4. The minimum Gasteiger partial charge on any atom is -0.394 e. The van der Waals surface area contributed by atoms with Gasteiger partial charge in [-0.25, -0.2) is 12.8 Å². The Morgan fingerprint density at radius 3 is 2.89 bits per heavy atom. The van der Waals surface area contributed by atoms with Gasteiger partial charge in [0.1, 0.15) is 5.82 Å².